The number of carbonyl (C=O) groups excluding carboxylic acids is 2. The van der Waals surface area contributed by atoms with Crippen LogP contribution in [0.3, 0.4) is 0 Å². The molecule has 1 heterocycles. The number of hydrogen-bond acceptors (Lipinski definition) is 4. The monoisotopic (exact) mass is 434 g/mol. The molecule has 0 aliphatic carbocycles. The van der Waals surface area contributed by atoms with Crippen LogP contribution in [0.4, 0.5) is 11.4 Å². The minimum absolute atomic E-state index is 0.00647. The maximum atomic E-state index is 12.6. The molecule has 8 heteroatoms. The van der Waals surface area contributed by atoms with Gasteiger partial charge in [0.05, 0.1) is 27.9 Å². The van der Waals surface area contributed by atoms with Crippen molar-refractivity contribution in [2.45, 2.75) is 33.1 Å². The quantitative estimate of drug-likeness (QED) is 0.784. The molecule has 0 bridgehead atoms. The molecular weight excluding hydrogens is 412 g/mol. The summed E-state index contributed by atoms with van der Waals surface area (Å²) in [6, 6.07) is 11.7. The maximum absolute atomic E-state index is 12.6. The number of halogens is 1. The standard InChI is InChI=1S/C21H23ClN2O4S/c1-13-12-29(27,28)24(20(13)26)16-9-10-17(18(22)11-16)19(25)23-15-7-5-14(6-8-15)21(2,3)4/h5-11,13H,12H2,1-4H3,(H,23,25)/t13-/m0/s1. The average Bonchev–Trinajstić information content (AvgIpc) is 2.81. The minimum Gasteiger partial charge on any atom is -0.322 e. The summed E-state index contributed by atoms with van der Waals surface area (Å²) in [7, 11) is -3.73. The van der Waals surface area contributed by atoms with Gasteiger partial charge in [0.2, 0.25) is 15.9 Å². The predicted octanol–water partition coefficient (Wildman–Crippen LogP) is 4.20. The number of benzene rings is 2. The normalized spacial score (nSPS) is 18.7. The summed E-state index contributed by atoms with van der Waals surface area (Å²) < 4.78 is 25.2. The molecule has 1 aliphatic heterocycles. The zero-order valence-electron chi connectivity index (χ0n) is 16.7. The predicted molar refractivity (Wildman–Crippen MR) is 115 cm³/mol. The first-order chi connectivity index (χ1) is 13.4. The number of amides is 2. The number of hydrogen-bond donors (Lipinski definition) is 1. The van der Waals surface area contributed by atoms with Gasteiger partial charge in [0.1, 0.15) is 0 Å². The Balaban J connectivity index is 1.82. The molecule has 0 spiro atoms. The van der Waals surface area contributed by atoms with Gasteiger partial charge in [-0.15, -0.1) is 0 Å². The fourth-order valence-electron chi connectivity index (χ4n) is 3.15. The van der Waals surface area contributed by atoms with E-state index < -0.39 is 27.8 Å². The van der Waals surface area contributed by atoms with Crippen LogP contribution in [0.25, 0.3) is 0 Å². The summed E-state index contributed by atoms with van der Waals surface area (Å²) in [6.45, 7) is 7.88. The van der Waals surface area contributed by atoms with E-state index in [1.807, 2.05) is 24.3 Å². The first kappa shape index (κ1) is 21.3. The second kappa shape index (κ2) is 7.46. The van der Waals surface area contributed by atoms with Crippen LogP contribution in [0, 0.1) is 5.92 Å². The first-order valence-corrected chi connectivity index (χ1v) is 11.2. The van der Waals surface area contributed by atoms with E-state index in [0.29, 0.717) is 5.69 Å². The molecule has 1 saturated heterocycles. The molecule has 2 aromatic rings. The van der Waals surface area contributed by atoms with Crippen LogP contribution in [-0.2, 0) is 20.2 Å². The van der Waals surface area contributed by atoms with Gasteiger partial charge >= 0.3 is 0 Å². The molecule has 6 nitrogen and oxygen atoms in total. The largest absolute Gasteiger partial charge is 0.322 e. The Kier molecular flexibility index (Phi) is 5.49. The molecule has 1 fully saturated rings. The average molecular weight is 435 g/mol. The van der Waals surface area contributed by atoms with Crippen LogP contribution >= 0.6 is 11.6 Å². The lowest BCUT2D eigenvalue weighted by atomic mass is 9.87. The van der Waals surface area contributed by atoms with Crippen molar-refractivity contribution in [2.75, 3.05) is 15.4 Å². The molecule has 2 aromatic carbocycles. The molecule has 0 radical (unpaired) electrons. The van der Waals surface area contributed by atoms with E-state index in [2.05, 4.69) is 26.1 Å². The highest BCUT2D eigenvalue weighted by atomic mass is 35.5. The van der Waals surface area contributed by atoms with Crippen molar-refractivity contribution < 1.29 is 18.0 Å². The molecule has 0 aromatic heterocycles. The maximum Gasteiger partial charge on any atom is 0.257 e. The molecule has 0 unspecified atom stereocenters. The van der Waals surface area contributed by atoms with Crippen molar-refractivity contribution >= 4 is 44.8 Å². The van der Waals surface area contributed by atoms with Crippen LogP contribution < -0.4 is 9.62 Å². The molecule has 1 atom stereocenters. The third-order valence-corrected chi connectivity index (χ3v) is 6.98. The number of anilines is 2. The molecule has 29 heavy (non-hydrogen) atoms. The fraction of sp³-hybridized carbons (Fsp3) is 0.333. The summed E-state index contributed by atoms with van der Waals surface area (Å²) in [5.41, 5.74) is 2.09. The van der Waals surface area contributed by atoms with Gasteiger partial charge in [0, 0.05) is 5.69 Å². The summed E-state index contributed by atoms with van der Waals surface area (Å²) in [4.78, 5) is 24.8. The van der Waals surface area contributed by atoms with Crippen molar-refractivity contribution in [2.24, 2.45) is 5.92 Å². The topological polar surface area (TPSA) is 83.6 Å². The first-order valence-electron chi connectivity index (χ1n) is 9.18. The van der Waals surface area contributed by atoms with E-state index in [4.69, 9.17) is 11.6 Å². The van der Waals surface area contributed by atoms with Crippen LogP contribution in [-0.4, -0.2) is 26.0 Å². The minimum atomic E-state index is -3.73. The highest BCUT2D eigenvalue weighted by Crippen LogP contribution is 2.32. The summed E-state index contributed by atoms with van der Waals surface area (Å²) in [5, 5.41) is 2.84. The molecule has 154 valence electrons. The zero-order valence-corrected chi connectivity index (χ0v) is 18.3. The van der Waals surface area contributed by atoms with Crippen LogP contribution in [0.15, 0.2) is 42.5 Å². The van der Waals surface area contributed by atoms with Crippen LogP contribution in [0.1, 0.15) is 43.6 Å². The van der Waals surface area contributed by atoms with Crippen molar-refractivity contribution in [3.05, 3.63) is 58.6 Å². The van der Waals surface area contributed by atoms with Gasteiger partial charge in [-0.25, -0.2) is 12.7 Å². The third-order valence-electron chi connectivity index (χ3n) is 4.80. The van der Waals surface area contributed by atoms with Crippen molar-refractivity contribution in [3.8, 4) is 0 Å². The number of sulfonamides is 1. The summed E-state index contributed by atoms with van der Waals surface area (Å²) in [6.07, 6.45) is 0. The highest BCUT2D eigenvalue weighted by molar-refractivity contribution is 7.94. The van der Waals surface area contributed by atoms with Crippen LogP contribution in [0.2, 0.25) is 5.02 Å². The lowest BCUT2D eigenvalue weighted by Gasteiger charge is -2.19. The van der Waals surface area contributed by atoms with Gasteiger partial charge in [-0.1, -0.05) is 51.4 Å². The Morgan fingerprint density at radius 2 is 1.76 bits per heavy atom. The van der Waals surface area contributed by atoms with E-state index in [-0.39, 0.29) is 27.4 Å². The van der Waals surface area contributed by atoms with Gasteiger partial charge in [0.15, 0.2) is 0 Å². The van der Waals surface area contributed by atoms with E-state index in [0.717, 1.165) is 9.87 Å². The second-order valence-corrected chi connectivity index (χ2v) is 10.5. The number of carbonyl (C=O) groups is 2. The SMILES string of the molecule is C[C@H]1CS(=O)(=O)N(c2ccc(C(=O)Nc3ccc(C(C)(C)C)cc3)c(Cl)c2)C1=O. The third kappa shape index (κ3) is 4.31. The Labute approximate surface area is 175 Å². The van der Waals surface area contributed by atoms with E-state index >= 15 is 0 Å². The fourth-order valence-corrected chi connectivity index (χ4v) is 5.23. The molecule has 3 rings (SSSR count). The number of nitrogens with one attached hydrogen (secondary N) is 1. The van der Waals surface area contributed by atoms with E-state index in [9.17, 15) is 18.0 Å². The van der Waals surface area contributed by atoms with Crippen LogP contribution in [0.5, 0.6) is 0 Å². The van der Waals surface area contributed by atoms with Gasteiger partial charge in [-0.2, -0.15) is 0 Å². The summed E-state index contributed by atoms with van der Waals surface area (Å²) >= 11 is 6.24. The molecule has 2 amide bonds. The lowest BCUT2D eigenvalue weighted by molar-refractivity contribution is -0.119. The molecule has 0 saturated carbocycles. The Bertz CT molecular complexity index is 1070. The number of nitrogens with zero attached hydrogens (tertiary/aromatic N) is 1. The van der Waals surface area contributed by atoms with Gasteiger partial charge in [-0.3, -0.25) is 9.59 Å². The molecule has 1 aliphatic rings. The van der Waals surface area contributed by atoms with Gasteiger partial charge < -0.3 is 5.32 Å². The van der Waals surface area contributed by atoms with E-state index in [1.165, 1.54) is 18.2 Å². The Morgan fingerprint density at radius 3 is 2.24 bits per heavy atom. The van der Waals surface area contributed by atoms with Crippen molar-refractivity contribution in [1.82, 2.24) is 0 Å². The summed E-state index contributed by atoms with van der Waals surface area (Å²) in [5.74, 6) is -1.78. The Hall–Kier alpha value is -2.38. The van der Waals surface area contributed by atoms with E-state index in [1.54, 1.807) is 6.92 Å². The number of rotatable bonds is 3. The zero-order chi connectivity index (χ0) is 21.6. The highest BCUT2D eigenvalue weighted by Gasteiger charge is 2.42. The van der Waals surface area contributed by atoms with Crippen molar-refractivity contribution in [3.63, 3.8) is 0 Å². The molecular formula is C21H23ClN2O4S. The van der Waals surface area contributed by atoms with Gasteiger partial charge in [-0.05, 0) is 41.3 Å². The smallest absolute Gasteiger partial charge is 0.257 e. The van der Waals surface area contributed by atoms with Crippen molar-refractivity contribution in [1.29, 1.82) is 0 Å². The molecule has 1 N–H and O–H groups in total. The van der Waals surface area contributed by atoms with Gasteiger partial charge in [0.25, 0.3) is 5.91 Å². The Morgan fingerprint density at radius 1 is 1.14 bits per heavy atom. The second-order valence-electron chi connectivity index (χ2n) is 8.23. The lowest BCUT2D eigenvalue weighted by Crippen LogP contribution is -2.30.